The van der Waals surface area contributed by atoms with Gasteiger partial charge in [-0.25, -0.2) is 0 Å². The SMILES string of the molecule is CC(C)c1noc(CCCC(=O)NC2CCOc3ccccc32)n1. The lowest BCUT2D eigenvalue weighted by molar-refractivity contribution is -0.122. The van der Waals surface area contributed by atoms with Crippen molar-refractivity contribution in [3.8, 4) is 5.75 Å². The molecule has 0 aliphatic carbocycles. The molecule has 3 rings (SSSR count). The molecule has 0 radical (unpaired) electrons. The fourth-order valence-electron chi connectivity index (χ4n) is 2.76. The van der Waals surface area contributed by atoms with E-state index < -0.39 is 0 Å². The van der Waals surface area contributed by atoms with Gasteiger partial charge in [-0.1, -0.05) is 37.2 Å². The van der Waals surface area contributed by atoms with Gasteiger partial charge in [-0.3, -0.25) is 4.79 Å². The Morgan fingerprint density at radius 3 is 3.00 bits per heavy atom. The fourth-order valence-corrected chi connectivity index (χ4v) is 2.76. The normalized spacial score (nSPS) is 16.5. The van der Waals surface area contributed by atoms with E-state index in [1.165, 1.54) is 0 Å². The van der Waals surface area contributed by atoms with E-state index in [-0.39, 0.29) is 17.9 Å². The number of hydrogen-bond donors (Lipinski definition) is 1. The Hall–Kier alpha value is -2.37. The van der Waals surface area contributed by atoms with E-state index >= 15 is 0 Å². The number of benzene rings is 1. The number of hydrogen-bond acceptors (Lipinski definition) is 5. The Bertz CT molecular complexity index is 696. The number of rotatable bonds is 6. The third-order valence-electron chi connectivity index (χ3n) is 4.09. The first-order valence-corrected chi connectivity index (χ1v) is 8.47. The molecule has 0 saturated carbocycles. The number of nitrogens with zero attached hydrogens (tertiary/aromatic N) is 2. The van der Waals surface area contributed by atoms with Gasteiger partial charge >= 0.3 is 0 Å². The summed E-state index contributed by atoms with van der Waals surface area (Å²) in [6.07, 6.45) is 2.55. The van der Waals surface area contributed by atoms with Crippen LogP contribution in [0.2, 0.25) is 0 Å². The van der Waals surface area contributed by atoms with Crippen molar-refractivity contribution in [2.24, 2.45) is 0 Å². The lowest BCUT2D eigenvalue weighted by Gasteiger charge is -2.26. The summed E-state index contributed by atoms with van der Waals surface area (Å²) in [6, 6.07) is 7.88. The van der Waals surface area contributed by atoms with Crippen LogP contribution in [0, 0.1) is 0 Å². The van der Waals surface area contributed by atoms with E-state index in [0.29, 0.717) is 37.6 Å². The van der Waals surface area contributed by atoms with Crippen LogP contribution in [0.3, 0.4) is 0 Å². The molecule has 0 saturated heterocycles. The molecule has 24 heavy (non-hydrogen) atoms. The molecule has 128 valence electrons. The number of para-hydroxylation sites is 1. The van der Waals surface area contributed by atoms with Gasteiger partial charge in [0.15, 0.2) is 5.82 Å². The van der Waals surface area contributed by atoms with Crippen molar-refractivity contribution < 1.29 is 14.1 Å². The van der Waals surface area contributed by atoms with Crippen LogP contribution in [0.25, 0.3) is 0 Å². The Labute approximate surface area is 141 Å². The van der Waals surface area contributed by atoms with Gasteiger partial charge in [0.25, 0.3) is 0 Å². The molecule has 0 bridgehead atoms. The predicted molar refractivity (Wildman–Crippen MR) is 88.8 cm³/mol. The smallest absolute Gasteiger partial charge is 0.226 e. The van der Waals surface area contributed by atoms with Gasteiger partial charge in [0.1, 0.15) is 5.75 Å². The molecule has 1 aromatic heterocycles. The summed E-state index contributed by atoms with van der Waals surface area (Å²) in [5.41, 5.74) is 1.05. The molecule has 1 aliphatic rings. The second-order valence-corrected chi connectivity index (χ2v) is 6.35. The first-order valence-electron chi connectivity index (χ1n) is 8.47. The van der Waals surface area contributed by atoms with Gasteiger partial charge in [0.2, 0.25) is 11.8 Å². The number of aryl methyl sites for hydroxylation is 1. The van der Waals surface area contributed by atoms with E-state index in [9.17, 15) is 4.79 Å². The number of amides is 1. The minimum atomic E-state index is 0.0263. The van der Waals surface area contributed by atoms with Gasteiger partial charge in [-0.05, 0) is 12.5 Å². The van der Waals surface area contributed by atoms with E-state index in [0.717, 1.165) is 17.7 Å². The van der Waals surface area contributed by atoms with Crippen molar-refractivity contribution in [1.82, 2.24) is 15.5 Å². The first-order chi connectivity index (χ1) is 11.6. The van der Waals surface area contributed by atoms with Gasteiger partial charge in [-0.2, -0.15) is 4.98 Å². The third kappa shape index (κ3) is 3.93. The number of carbonyl (C=O) groups excluding carboxylic acids is 1. The Balaban J connectivity index is 1.48. The highest BCUT2D eigenvalue weighted by Crippen LogP contribution is 2.31. The molecule has 1 aromatic carbocycles. The second kappa shape index (κ2) is 7.47. The van der Waals surface area contributed by atoms with Gasteiger partial charge in [-0.15, -0.1) is 0 Å². The minimum Gasteiger partial charge on any atom is -0.493 e. The van der Waals surface area contributed by atoms with E-state index in [1.54, 1.807) is 0 Å². The molecular weight excluding hydrogens is 306 g/mol. The highest BCUT2D eigenvalue weighted by atomic mass is 16.5. The van der Waals surface area contributed by atoms with Crippen LogP contribution < -0.4 is 10.1 Å². The number of ether oxygens (including phenoxy) is 1. The molecule has 1 aliphatic heterocycles. The predicted octanol–water partition coefficient (Wildman–Crippen LogP) is 3.16. The van der Waals surface area contributed by atoms with E-state index in [1.807, 2.05) is 38.1 Å². The van der Waals surface area contributed by atoms with Crippen LogP contribution in [0.4, 0.5) is 0 Å². The molecule has 1 unspecified atom stereocenters. The van der Waals surface area contributed by atoms with Crippen molar-refractivity contribution in [3.05, 3.63) is 41.5 Å². The summed E-state index contributed by atoms with van der Waals surface area (Å²) in [5, 5.41) is 7.03. The van der Waals surface area contributed by atoms with Gasteiger partial charge in [0.05, 0.1) is 12.6 Å². The molecule has 2 aromatic rings. The van der Waals surface area contributed by atoms with E-state index in [4.69, 9.17) is 9.26 Å². The fraction of sp³-hybridized carbons (Fsp3) is 0.500. The first kappa shape index (κ1) is 16.5. The van der Waals surface area contributed by atoms with Gasteiger partial charge in [0, 0.05) is 30.7 Å². The molecule has 6 nitrogen and oxygen atoms in total. The van der Waals surface area contributed by atoms with Crippen molar-refractivity contribution >= 4 is 5.91 Å². The average molecular weight is 329 g/mol. The molecule has 1 N–H and O–H groups in total. The molecule has 2 heterocycles. The molecule has 0 fully saturated rings. The molecule has 1 amide bonds. The summed E-state index contributed by atoms with van der Waals surface area (Å²) in [6.45, 7) is 4.67. The summed E-state index contributed by atoms with van der Waals surface area (Å²) >= 11 is 0. The molecule has 6 heteroatoms. The van der Waals surface area contributed by atoms with E-state index in [2.05, 4.69) is 15.5 Å². The summed E-state index contributed by atoms with van der Waals surface area (Å²) in [7, 11) is 0. The number of carbonyl (C=O) groups is 1. The summed E-state index contributed by atoms with van der Waals surface area (Å²) in [4.78, 5) is 16.5. The highest BCUT2D eigenvalue weighted by molar-refractivity contribution is 5.76. The quantitative estimate of drug-likeness (QED) is 0.881. The third-order valence-corrected chi connectivity index (χ3v) is 4.09. The Morgan fingerprint density at radius 1 is 1.38 bits per heavy atom. The van der Waals surface area contributed by atoms with Crippen LogP contribution in [0.1, 0.15) is 62.3 Å². The maximum atomic E-state index is 12.2. The van der Waals surface area contributed by atoms with Crippen molar-refractivity contribution in [2.45, 2.75) is 51.5 Å². The Morgan fingerprint density at radius 2 is 2.21 bits per heavy atom. The van der Waals surface area contributed by atoms with Crippen molar-refractivity contribution in [3.63, 3.8) is 0 Å². The Kier molecular flexibility index (Phi) is 5.13. The summed E-state index contributed by atoms with van der Waals surface area (Å²) in [5.74, 6) is 2.47. The zero-order valence-electron chi connectivity index (χ0n) is 14.1. The van der Waals surface area contributed by atoms with Crippen LogP contribution in [0.15, 0.2) is 28.8 Å². The van der Waals surface area contributed by atoms with Crippen LogP contribution in [-0.2, 0) is 11.2 Å². The number of aromatic nitrogens is 2. The zero-order valence-corrected chi connectivity index (χ0v) is 14.1. The largest absolute Gasteiger partial charge is 0.493 e. The maximum absolute atomic E-state index is 12.2. The lowest BCUT2D eigenvalue weighted by Crippen LogP contribution is -2.32. The lowest BCUT2D eigenvalue weighted by atomic mass is 10.0. The maximum Gasteiger partial charge on any atom is 0.226 e. The standard InChI is InChI=1S/C18H23N3O3/c1-12(2)18-20-17(24-21-18)9-5-8-16(22)19-14-10-11-23-15-7-4-3-6-13(14)15/h3-4,6-7,12,14H,5,8-11H2,1-2H3,(H,19,22). The van der Waals surface area contributed by atoms with Crippen LogP contribution in [0.5, 0.6) is 5.75 Å². The molecule has 1 atom stereocenters. The number of nitrogens with one attached hydrogen (secondary N) is 1. The zero-order chi connectivity index (χ0) is 16.9. The van der Waals surface area contributed by atoms with Crippen LogP contribution in [-0.4, -0.2) is 22.7 Å². The second-order valence-electron chi connectivity index (χ2n) is 6.35. The number of fused-ring (bicyclic) bond motifs is 1. The van der Waals surface area contributed by atoms with Crippen molar-refractivity contribution in [1.29, 1.82) is 0 Å². The minimum absolute atomic E-state index is 0.0263. The molecule has 0 spiro atoms. The van der Waals surface area contributed by atoms with Crippen molar-refractivity contribution in [2.75, 3.05) is 6.61 Å². The molecular formula is C18H23N3O3. The van der Waals surface area contributed by atoms with Gasteiger partial charge < -0.3 is 14.6 Å². The summed E-state index contributed by atoms with van der Waals surface area (Å²) < 4.78 is 10.8. The topological polar surface area (TPSA) is 77.2 Å². The van der Waals surface area contributed by atoms with Crippen LogP contribution >= 0.6 is 0 Å². The highest BCUT2D eigenvalue weighted by Gasteiger charge is 2.22. The monoisotopic (exact) mass is 329 g/mol. The average Bonchev–Trinajstić information content (AvgIpc) is 3.04.